The number of carbonyl (C=O) groups is 1. The van der Waals surface area contributed by atoms with E-state index in [0.29, 0.717) is 6.54 Å². The molecule has 0 aromatic rings. The molecule has 4 nitrogen and oxygen atoms in total. The van der Waals surface area contributed by atoms with Crippen LogP contribution in [0.25, 0.3) is 0 Å². The first-order valence-corrected chi connectivity index (χ1v) is 3.62. The van der Waals surface area contributed by atoms with Crippen molar-refractivity contribution in [2.75, 3.05) is 13.7 Å². The van der Waals surface area contributed by atoms with Gasteiger partial charge in [0.1, 0.15) is 6.04 Å². The predicted octanol–water partition coefficient (Wildman–Crippen LogP) is -0.482. The van der Waals surface area contributed by atoms with Crippen LogP contribution in [0.2, 0.25) is 0 Å². The highest BCUT2D eigenvalue weighted by Gasteiger charge is 2.22. The summed E-state index contributed by atoms with van der Waals surface area (Å²) in [6.07, 6.45) is -0.720. The average Bonchev–Trinajstić information content (AvgIpc) is 1.98. The number of nitrogens with one attached hydrogen (secondary N) is 1. The van der Waals surface area contributed by atoms with Gasteiger partial charge in [-0.2, -0.15) is 0 Å². The maximum absolute atomic E-state index is 10.9. The average molecular weight is 161 g/mol. The molecular formula is C7H15NO3. The van der Waals surface area contributed by atoms with Crippen molar-refractivity contribution in [3.8, 4) is 0 Å². The maximum atomic E-state index is 10.9. The zero-order valence-electron chi connectivity index (χ0n) is 7.13. The first kappa shape index (κ1) is 10.4. The minimum absolute atomic E-state index is 0.429. The highest BCUT2D eigenvalue weighted by molar-refractivity contribution is 5.76. The number of carbonyl (C=O) groups excluding carboxylic acids is 1. The third kappa shape index (κ3) is 3.34. The fourth-order valence-electron chi connectivity index (χ4n) is 0.798. The monoisotopic (exact) mass is 161 g/mol. The third-order valence-corrected chi connectivity index (χ3v) is 1.36. The van der Waals surface area contributed by atoms with E-state index in [-0.39, 0.29) is 0 Å². The summed E-state index contributed by atoms with van der Waals surface area (Å²) in [5, 5.41) is 11.9. The van der Waals surface area contributed by atoms with E-state index in [0.717, 1.165) is 0 Å². The number of rotatable bonds is 4. The van der Waals surface area contributed by atoms with Gasteiger partial charge >= 0.3 is 5.97 Å². The Bertz CT molecular complexity index is 125. The van der Waals surface area contributed by atoms with Crippen molar-refractivity contribution in [2.45, 2.75) is 26.0 Å². The first-order valence-electron chi connectivity index (χ1n) is 3.62. The van der Waals surface area contributed by atoms with E-state index < -0.39 is 18.1 Å². The van der Waals surface area contributed by atoms with Crippen molar-refractivity contribution < 1.29 is 14.6 Å². The van der Waals surface area contributed by atoms with Crippen LogP contribution in [-0.4, -0.2) is 36.9 Å². The standard InChI is InChI=1S/C7H15NO3/c1-4-8-6(5(2)9)7(10)11-3/h5-6,8-9H,4H2,1-3H3/t5-,6+/m0/s1. The molecule has 0 aliphatic rings. The van der Waals surface area contributed by atoms with Crippen molar-refractivity contribution in [2.24, 2.45) is 0 Å². The zero-order valence-corrected chi connectivity index (χ0v) is 7.13. The molecule has 0 aromatic carbocycles. The number of hydrogen-bond acceptors (Lipinski definition) is 4. The highest BCUT2D eigenvalue weighted by atomic mass is 16.5. The van der Waals surface area contributed by atoms with E-state index in [1.54, 1.807) is 6.92 Å². The van der Waals surface area contributed by atoms with Crippen LogP contribution < -0.4 is 5.32 Å². The van der Waals surface area contributed by atoms with Crippen LogP contribution in [0.4, 0.5) is 0 Å². The van der Waals surface area contributed by atoms with Gasteiger partial charge in [-0.05, 0) is 13.5 Å². The molecule has 2 atom stereocenters. The second-order valence-corrected chi connectivity index (χ2v) is 2.30. The number of ether oxygens (including phenoxy) is 1. The van der Waals surface area contributed by atoms with Crippen molar-refractivity contribution >= 4 is 5.97 Å². The molecule has 0 unspecified atom stereocenters. The Morgan fingerprint density at radius 2 is 2.27 bits per heavy atom. The lowest BCUT2D eigenvalue weighted by Gasteiger charge is -2.17. The van der Waals surface area contributed by atoms with Crippen LogP contribution in [0, 0.1) is 0 Å². The lowest BCUT2D eigenvalue weighted by atomic mass is 10.2. The summed E-state index contributed by atoms with van der Waals surface area (Å²) in [7, 11) is 1.30. The number of hydrogen-bond donors (Lipinski definition) is 2. The minimum Gasteiger partial charge on any atom is -0.468 e. The molecule has 0 bridgehead atoms. The molecule has 0 aromatic heterocycles. The first-order chi connectivity index (χ1) is 5.13. The van der Waals surface area contributed by atoms with Gasteiger partial charge in [0, 0.05) is 0 Å². The lowest BCUT2D eigenvalue weighted by molar-refractivity contribution is -0.145. The summed E-state index contributed by atoms with van der Waals surface area (Å²) in [6, 6.07) is -0.606. The summed E-state index contributed by atoms with van der Waals surface area (Å²) >= 11 is 0. The van der Waals surface area contributed by atoms with Gasteiger partial charge in [0.15, 0.2) is 0 Å². The van der Waals surface area contributed by atoms with Crippen LogP contribution in [0.3, 0.4) is 0 Å². The van der Waals surface area contributed by atoms with Crippen molar-refractivity contribution in [3.05, 3.63) is 0 Å². The molecule has 0 aliphatic carbocycles. The number of aliphatic hydroxyl groups excluding tert-OH is 1. The molecule has 0 radical (unpaired) electrons. The van der Waals surface area contributed by atoms with Crippen LogP contribution in [0.5, 0.6) is 0 Å². The Hall–Kier alpha value is -0.610. The Kier molecular flexibility index (Phi) is 4.81. The zero-order chi connectivity index (χ0) is 8.85. The predicted molar refractivity (Wildman–Crippen MR) is 41.2 cm³/mol. The minimum atomic E-state index is -0.720. The topological polar surface area (TPSA) is 58.6 Å². The van der Waals surface area contributed by atoms with E-state index in [2.05, 4.69) is 10.1 Å². The van der Waals surface area contributed by atoms with Crippen LogP contribution in [0.15, 0.2) is 0 Å². The molecular weight excluding hydrogens is 146 g/mol. The maximum Gasteiger partial charge on any atom is 0.325 e. The molecule has 0 saturated heterocycles. The SMILES string of the molecule is CCN[C@@H](C(=O)OC)[C@H](C)O. The smallest absolute Gasteiger partial charge is 0.325 e. The second kappa shape index (κ2) is 5.09. The van der Waals surface area contributed by atoms with E-state index >= 15 is 0 Å². The summed E-state index contributed by atoms with van der Waals surface area (Å²) in [5.41, 5.74) is 0. The van der Waals surface area contributed by atoms with E-state index in [4.69, 9.17) is 5.11 Å². The second-order valence-electron chi connectivity index (χ2n) is 2.30. The van der Waals surface area contributed by atoms with Crippen molar-refractivity contribution in [1.29, 1.82) is 0 Å². The van der Waals surface area contributed by atoms with Gasteiger partial charge in [0.05, 0.1) is 13.2 Å². The van der Waals surface area contributed by atoms with Gasteiger partial charge in [-0.25, -0.2) is 0 Å². The quantitative estimate of drug-likeness (QED) is 0.547. The van der Waals surface area contributed by atoms with Crippen LogP contribution in [0.1, 0.15) is 13.8 Å². The summed E-state index contributed by atoms with van der Waals surface area (Å²) < 4.78 is 4.46. The number of aliphatic hydroxyl groups is 1. The largest absolute Gasteiger partial charge is 0.468 e. The molecule has 0 amide bonds. The molecule has 11 heavy (non-hydrogen) atoms. The van der Waals surface area contributed by atoms with Crippen LogP contribution >= 0.6 is 0 Å². The third-order valence-electron chi connectivity index (χ3n) is 1.36. The Morgan fingerprint density at radius 3 is 2.55 bits per heavy atom. The molecule has 4 heteroatoms. The normalized spacial score (nSPS) is 15.6. The molecule has 0 rings (SSSR count). The van der Waals surface area contributed by atoms with Crippen molar-refractivity contribution in [1.82, 2.24) is 5.32 Å². The van der Waals surface area contributed by atoms with Gasteiger partial charge in [-0.1, -0.05) is 6.92 Å². The number of esters is 1. The molecule has 66 valence electrons. The number of methoxy groups -OCH3 is 1. The van der Waals surface area contributed by atoms with Crippen molar-refractivity contribution in [3.63, 3.8) is 0 Å². The molecule has 2 N–H and O–H groups in total. The highest BCUT2D eigenvalue weighted by Crippen LogP contribution is 1.94. The van der Waals surface area contributed by atoms with Crippen LogP contribution in [-0.2, 0) is 9.53 Å². The summed E-state index contributed by atoms with van der Waals surface area (Å²) in [4.78, 5) is 10.9. The van der Waals surface area contributed by atoms with Gasteiger partial charge in [0.25, 0.3) is 0 Å². The van der Waals surface area contributed by atoms with E-state index in [1.807, 2.05) is 6.92 Å². The Labute approximate surface area is 66.5 Å². The molecule has 0 saturated carbocycles. The molecule has 0 fully saturated rings. The lowest BCUT2D eigenvalue weighted by Crippen LogP contribution is -2.45. The summed E-state index contributed by atoms with van der Waals surface area (Å²) in [5.74, 6) is -0.429. The Morgan fingerprint density at radius 1 is 1.73 bits per heavy atom. The fourth-order valence-corrected chi connectivity index (χ4v) is 0.798. The fraction of sp³-hybridized carbons (Fsp3) is 0.857. The van der Waals surface area contributed by atoms with Gasteiger partial charge in [0.2, 0.25) is 0 Å². The van der Waals surface area contributed by atoms with Gasteiger partial charge in [-0.15, -0.1) is 0 Å². The summed E-state index contributed by atoms with van der Waals surface area (Å²) in [6.45, 7) is 4.03. The molecule has 0 aliphatic heterocycles. The molecule has 0 heterocycles. The van der Waals surface area contributed by atoms with E-state index in [1.165, 1.54) is 7.11 Å². The Balaban J connectivity index is 3.98. The van der Waals surface area contributed by atoms with Gasteiger partial charge < -0.3 is 15.2 Å². The molecule has 0 spiro atoms. The number of likely N-dealkylation sites (N-methyl/N-ethyl adjacent to an activating group) is 1. The van der Waals surface area contributed by atoms with E-state index in [9.17, 15) is 4.79 Å². The van der Waals surface area contributed by atoms with Gasteiger partial charge in [-0.3, -0.25) is 4.79 Å².